The summed E-state index contributed by atoms with van der Waals surface area (Å²) < 4.78 is 0. The van der Waals surface area contributed by atoms with Gasteiger partial charge >= 0.3 is 0 Å². The normalized spacial score (nSPS) is 26.1. The molecule has 2 heterocycles. The van der Waals surface area contributed by atoms with Crippen molar-refractivity contribution in [1.29, 1.82) is 5.26 Å². The van der Waals surface area contributed by atoms with Gasteiger partial charge in [-0.15, -0.1) is 0 Å². The van der Waals surface area contributed by atoms with Gasteiger partial charge in [0.25, 0.3) is 0 Å². The molecule has 0 aromatic carbocycles. The number of likely N-dealkylation sites (tertiary alicyclic amines) is 2. The third kappa shape index (κ3) is 2.70. The molecule has 0 saturated carbocycles. The zero-order valence-corrected chi connectivity index (χ0v) is 12.2. The molecule has 0 atom stereocenters. The molecule has 3 nitrogen and oxygen atoms in total. The van der Waals surface area contributed by atoms with Crippen LogP contribution in [0.3, 0.4) is 0 Å². The number of nitrogens with zero attached hydrogens (tertiary/aromatic N) is 3. The Morgan fingerprint density at radius 1 is 1.06 bits per heavy atom. The van der Waals surface area contributed by atoms with Crippen molar-refractivity contribution in [1.82, 2.24) is 9.80 Å². The molecule has 102 valence electrons. The highest BCUT2D eigenvalue weighted by Crippen LogP contribution is 2.36. The molecule has 18 heavy (non-hydrogen) atoms. The molecule has 2 aliphatic heterocycles. The highest BCUT2D eigenvalue weighted by atomic mass is 15.3. The van der Waals surface area contributed by atoms with E-state index >= 15 is 0 Å². The summed E-state index contributed by atoms with van der Waals surface area (Å²) in [5.41, 5.74) is 0.455. The number of rotatable bonds is 2. The Kier molecular flexibility index (Phi) is 3.99. The third-order valence-electron chi connectivity index (χ3n) is 4.83. The van der Waals surface area contributed by atoms with Gasteiger partial charge in [-0.1, -0.05) is 0 Å². The SMILES string of the molecule is CC(C)(C)N1CCC(CC#N)(N2CCCC2)CC1. The van der Waals surface area contributed by atoms with E-state index in [2.05, 4.69) is 36.6 Å². The highest BCUT2D eigenvalue weighted by Gasteiger charge is 2.42. The predicted octanol–water partition coefficient (Wildman–Crippen LogP) is 2.63. The second-order valence-electron chi connectivity index (χ2n) is 6.91. The van der Waals surface area contributed by atoms with Gasteiger partial charge in [-0.2, -0.15) is 5.26 Å². The van der Waals surface area contributed by atoms with Crippen LogP contribution in [0.1, 0.15) is 52.9 Å². The first kappa shape index (κ1) is 13.8. The molecule has 0 aromatic heterocycles. The molecule has 2 fully saturated rings. The summed E-state index contributed by atoms with van der Waals surface area (Å²) in [6, 6.07) is 2.45. The molecule has 0 aromatic rings. The minimum atomic E-state index is 0.188. The molecule has 0 bridgehead atoms. The predicted molar refractivity (Wildman–Crippen MR) is 74.3 cm³/mol. The zero-order valence-electron chi connectivity index (χ0n) is 12.2. The van der Waals surface area contributed by atoms with Crippen LogP contribution in [-0.2, 0) is 0 Å². The molecular weight excluding hydrogens is 222 g/mol. The Labute approximate surface area is 112 Å². The van der Waals surface area contributed by atoms with Crippen molar-refractivity contribution in [2.45, 2.75) is 64.0 Å². The molecule has 0 amide bonds. The fourth-order valence-corrected chi connectivity index (χ4v) is 3.54. The van der Waals surface area contributed by atoms with Gasteiger partial charge < -0.3 is 0 Å². The van der Waals surface area contributed by atoms with E-state index in [0.29, 0.717) is 6.42 Å². The molecular formula is C15H27N3. The Bertz CT molecular complexity index is 310. The van der Waals surface area contributed by atoms with E-state index in [1.54, 1.807) is 0 Å². The average Bonchev–Trinajstić information content (AvgIpc) is 2.82. The molecule has 0 unspecified atom stereocenters. The van der Waals surface area contributed by atoms with Crippen molar-refractivity contribution < 1.29 is 0 Å². The van der Waals surface area contributed by atoms with Crippen LogP contribution in [0.2, 0.25) is 0 Å². The smallest absolute Gasteiger partial charge is 0.0641 e. The van der Waals surface area contributed by atoms with Crippen LogP contribution < -0.4 is 0 Å². The van der Waals surface area contributed by atoms with Crippen molar-refractivity contribution in [3.05, 3.63) is 0 Å². The summed E-state index contributed by atoms with van der Waals surface area (Å²) in [5, 5.41) is 9.18. The van der Waals surface area contributed by atoms with Gasteiger partial charge in [0.1, 0.15) is 0 Å². The Balaban J connectivity index is 2.04. The van der Waals surface area contributed by atoms with Crippen molar-refractivity contribution in [3.8, 4) is 6.07 Å². The van der Waals surface area contributed by atoms with Crippen LogP contribution in [0.4, 0.5) is 0 Å². The van der Waals surface area contributed by atoms with E-state index in [-0.39, 0.29) is 11.1 Å². The zero-order chi connectivity index (χ0) is 13.2. The van der Waals surface area contributed by atoms with Gasteiger partial charge in [0.15, 0.2) is 0 Å². The first-order chi connectivity index (χ1) is 8.48. The van der Waals surface area contributed by atoms with E-state index in [1.165, 1.54) is 25.9 Å². The van der Waals surface area contributed by atoms with Crippen LogP contribution in [-0.4, -0.2) is 47.1 Å². The van der Waals surface area contributed by atoms with E-state index in [4.69, 9.17) is 0 Å². The molecule has 0 radical (unpaired) electrons. The molecule has 0 N–H and O–H groups in total. The van der Waals surface area contributed by atoms with Gasteiger partial charge in [0.2, 0.25) is 0 Å². The molecule has 0 spiro atoms. The Hall–Kier alpha value is -0.590. The van der Waals surface area contributed by atoms with E-state index in [1.807, 2.05) is 0 Å². The van der Waals surface area contributed by atoms with Crippen molar-refractivity contribution in [3.63, 3.8) is 0 Å². The minimum absolute atomic E-state index is 0.188. The highest BCUT2D eigenvalue weighted by molar-refractivity contribution is 5.03. The molecule has 2 saturated heterocycles. The summed E-state index contributed by atoms with van der Waals surface area (Å²) in [6.07, 6.45) is 5.67. The summed E-state index contributed by atoms with van der Waals surface area (Å²) in [5.74, 6) is 0. The van der Waals surface area contributed by atoms with Crippen LogP contribution in [0, 0.1) is 11.3 Å². The van der Waals surface area contributed by atoms with Gasteiger partial charge in [0, 0.05) is 24.2 Å². The van der Waals surface area contributed by atoms with Gasteiger partial charge in [-0.05, 0) is 59.5 Å². The van der Waals surface area contributed by atoms with Crippen molar-refractivity contribution in [2.75, 3.05) is 26.2 Å². The average molecular weight is 249 g/mol. The van der Waals surface area contributed by atoms with Crippen LogP contribution in [0.25, 0.3) is 0 Å². The maximum atomic E-state index is 9.18. The maximum Gasteiger partial charge on any atom is 0.0641 e. The minimum Gasteiger partial charge on any atom is -0.298 e. The van der Waals surface area contributed by atoms with Gasteiger partial charge in [-0.25, -0.2) is 0 Å². The summed E-state index contributed by atoms with van der Waals surface area (Å²) in [6.45, 7) is 11.6. The molecule has 0 aliphatic carbocycles. The molecule has 2 rings (SSSR count). The maximum absolute atomic E-state index is 9.18. The number of hydrogen-bond acceptors (Lipinski definition) is 3. The lowest BCUT2D eigenvalue weighted by molar-refractivity contribution is 0.00734. The van der Waals surface area contributed by atoms with E-state index in [0.717, 1.165) is 25.9 Å². The van der Waals surface area contributed by atoms with Crippen molar-refractivity contribution >= 4 is 0 Å². The quantitative estimate of drug-likeness (QED) is 0.753. The third-order valence-corrected chi connectivity index (χ3v) is 4.83. The fourth-order valence-electron chi connectivity index (χ4n) is 3.54. The molecule has 3 heteroatoms. The first-order valence-corrected chi connectivity index (χ1v) is 7.35. The lowest BCUT2D eigenvalue weighted by Gasteiger charge is -2.49. The standard InChI is InChI=1S/C15H27N3/c1-14(2,3)17-12-7-15(6-9-16,8-13-17)18-10-4-5-11-18/h4-8,10-13H2,1-3H3. The lowest BCUT2D eigenvalue weighted by atomic mass is 9.82. The van der Waals surface area contributed by atoms with Crippen LogP contribution in [0.15, 0.2) is 0 Å². The van der Waals surface area contributed by atoms with Gasteiger partial charge in [0.05, 0.1) is 12.5 Å². The molecule has 2 aliphatic rings. The summed E-state index contributed by atoms with van der Waals surface area (Å²) >= 11 is 0. The Morgan fingerprint density at radius 3 is 2.06 bits per heavy atom. The van der Waals surface area contributed by atoms with Crippen LogP contribution >= 0.6 is 0 Å². The van der Waals surface area contributed by atoms with Gasteiger partial charge in [-0.3, -0.25) is 9.80 Å². The van der Waals surface area contributed by atoms with Crippen molar-refractivity contribution in [2.24, 2.45) is 0 Å². The monoisotopic (exact) mass is 249 g/mol. The summed E-state index contributed by atoms with van der Waals surface area (Å²) in [7, 11) is 0. The van der Waals surface area contributed by atoms with Crippen LogP contribution in [0.5, 0.6) is 0 Å². The number of nitriles is 1. The van der Waals surface area contributed by atoms with E-state index in [9.17, 15) is 5.26 Å². The topological polar surface area (TPSA) is 30.3 Å². The fraction of sp³-hybridized carbons (Fsp3) is 0.933. The Morgan fingerprint density at radius 2 is 1.61 bits per heavy atom. The van der Waals surface area contributed by atoms with E-state index < -0.39 is 0 Å². The largest absolute Gasteiger partial charge is 0.298 e. The second kappa shape index (κ2) is 5.19. The lowest BCUT2D eigenvalue weighted by Crippen LogP contribution is -2.57. The first-order valence-electron chi connectivity index (χ1n) is 7.35. The second-order valence-corrected chi connectivity index (χ2v) is 6.91. The number of piperidine rings is 1. The number of hydrogen-bond donors (Lipinski definition) is 0. The summed E-state index contributed by atoms with van der Waals surface area (Å²) in [4.78, 5) is 5.18.